The number of rotatable bonds is 0. The van der Waals surface area contributed by atoms with Gasteiger partial charge in [-0.25, -0.2) is 0 Å². The molecule has 0 radical (unpaired) electrons. The van der Waals surface area contributed by atoms with Crippen molar-refractivity contribution >= 4 is 0 Å². The highest BCUT2D eigenvalue weighted by Crippen LogP contribution is 2.44. The van der Waals surface area contributed by atoms with Crippen molar-refractivity contribution < 1.29 is 0 Å². The van der Waals surface area contributed by atoms with E-state index in [1.807, 2.05) is 0 Å². The summed E-state index contributed by atoms with van der Waals surface area (Å²) in [5.74, 6) is 8.65. The highest BCUT2D eigenvalue weighted by molar-refractivity contribution is 5.07. The molecule has 4 unspecified atom stereocenters. The molecule has 0 heterocycles. The highest BCUT2D eigenvalue weighted by atomic mass is 14.4. The van der Waals surface area contributed by atoms with Crippen LogP contribution in [0.25, 0.3) is 0 Å². The van der Waals surface area contributed by atoms with E-state index in [1.54, 1.807) is 64.2 Å². The summed E-state index contributed by atoms with van der Waals surface area (Å²) in [5.41, 5.74) is 0. The topological polar surface area (TPSA) is 0 Å². The Morgan fingerprint density at radius 2 is 0.536 bits per heavy atom. The molecule has 0 spiro atoms. The van der Waals surface area contributed by atoms with Crippen molar-refractivity contribution in [3.05, 3.63) is 24.3 Å². The minimum atomic E-state index is 0.991. The molecule has 6 saturated carbocycles. The smallest absolute Gasteiger partial charge is 0.0228 e. The Morgan fingerprint density at radius 1 is 0.286 bits per heavy atom. The average molecular weight is 381 g/mol. The van der Waals surface area contributed by atoms with Crippen LogP contribution in [0.2, 0.25) is 0 Å². The van der Waals surface area contributed by atoms with E-state index >= 15 is 0 Å². The second-order valence-electron chi connectivity index (χ2n) is 11.7. The fraction of sp³-hybridized carbons (Fsp3) is 0.857. The van der Waals surface area contributed by atoms with Gasteiger partial charge in [0.15, 0.2) is 0 Å². The van der Waals surface area contributed by atoms with Crippen LogP contribution in [0.1, 0.15) is 103 Å². The molecule has 0 heteroatoms. The first-order chi connectivity index (χ1) is 13.8. The standard InChI is InChI=1S/2C7H12.2C7H10/c4*1-2-7-4-3-6(1)5-7/h2*6-7H,1-5H2;2*1-2,6-7H,3-5H2. The zero-order chi connectivity index (χ0) is 18.8. The van der Waals surface area contributed by atoms with E-state index in [1.165, 1.54) is 62.2 Å². The van der Waals surface area contributed by atoms with Crippen LogP contribution in [0, 0.1) is 47.3 Å². The molecule has 8 aliphatic rings. The van der Waals surface area contributed by atoms with E-state index in [0.29, 0.717) is 0 Å². The lowest BCUT2D eigenvalue weighted by Crippen LogP contribution is -1.90. The van der Waals surface area contributed by atoms with E-state index in [4.69, 9.17) is 0 Å². The first-order valence-corrected chi connectivity index (χ1v) is 13.2. The van der Waals surface area contributed by atoms with E-state index < -0.39 is 0 Å². The number of hydrogen-bond donors (Lipinski definition) is 0. The van der Waals surface area contributed by atoms with Gasteiger partial charge in [0.25, 0.3) is 0 Å². The molecule has 0 aromatic rings. The maximum Gasteiger partial charge on any atom is -0.0228 e. The number of fused-ring (bicyclic) bond motifs is 8. The van der Waals surface area contributed by atoms with Crippen LogP contribution in [-0.4, -0.2) is 0 Å². The Morgan fingerprint density at radius 3 is 0.607 bits per heavy atom. The van der Waals surface area contributed by atoms with Gasteiger partial charge in [0.05, 0.1) is 0 Å². The summed E-state index contributed by atoms with van der Waals surface area (Å²) >= 11 is 0. The zero-order valence-corrected chi connectivity index (χ0v) is 18.2. The lowest BCUT2D eigenvalue weighted by molar-refractivity contribution is 0.480. The van der Waals surface area contributed by atoms with Crippen LogP contribution < -0.4 is 0 Å². The molecule has 0 aromatic heterocycles. The fourth-order valence-electron chi connectivity index (χ4n) is 7.78. The minimum Gasteiger partial charge on any atom is -0.0851 e. The minimum absolute atomic E-state index is 0.991. The van der Waals surface area contributed by atoms with Crippen molar-refractivity contribution in [3.8, 4) is 0 Å². The first-order valence-electron chi connectivity index (χ1n) is 13.2. The highest BCUT2D eigenvalue weighted by Gasteiger charge is 2.31. The molecule has 8 rings (SSSR count). The van der Waals surface area contributed by atoms with Crippen LogP contribution in [0.4, 0.5) is 0 Å². The molecule has 0 amide bonds. The summed E-state index contributed by atoms with van der Waals surface area (Å²) in [7, 11) is 0. The van der Waals surface area contributed by atoms with E-state index in [2.05, 4.69) is 24.3 Å². The maximum atomic E-state index is 2.38. The van der Waals surface area contributed by atoms with Crippen LogP contribution in [0.5, 0.6) is 0 Å². The predicted molar refractivity (Wildman–Crippen MR) is 120 cm³/mol. The van der Waals surface area contributed by atoms with Gasteiger partial charge in [0.2, 0.25) is 0 Å². The van der Waals surface area contributed by atoms with Crippen LogP contribution in [-0.2, 0) is 0 Å². The zero-order valence-electron chi connectivity index (χ0n) is 18.2. The molecular formula is C28H44. The Kier molecular flexibility index (Phi) is 6.31. The Labute approximate surface area is 174 Å². The number of allylic oxidation sites excluding steroid dienone is 4. The molecule has 156 valence electrons. The van der Waals surface area contributed by atoms with E-state index in [-0.39, 0.29) is 0 Å². The van der Waals surface area contributed by atoms with E-state index in [0.717, 1.165) is 23.7 Å². The third-order valence-electron chi connectivity index (χ3n) is 9.60. The molecule has 8 bridgehead atoms. The van der Waals surface area contributed by atoms with Gasteiger partial charge in [0.1, 0.15) is 0 Å². The van der Waals surface area contributed by atoms with Crippen molar-refractivity contribution in [1.82, 2.24) is 0 Å². The normalized spacial score (nSPS) is 46.9. The number of hydrogen-bond acceptors (Lipinski definition) is 0. The van der Waals surface area contributed by atoms with E-state index in [9.17, 15) is 0 Å². The van der Waals surface area contributed by atoms with Crippen LogP contribution in [0.3, 0.4) is 0 Å². The van der Waals surface area contributed by atoms with Crippen LogP contribution in [0.15, 0.2) is 24.3 Å². The lowest BCUT2D eigenvalue weighted by atomic mass is 10.0. The Hall–Kier alpha value is -0.520. The van der Waals surface area contributed by atoms with Crippen molar-refractivity contribution in [2.45, 2.75) is 103 Å². The summed E-state index contributed by atoms with van der Waals surface area (Å²) in [4.78, 5) is 0. The molecule has 28 heavy (non-hydrogen) atoms. The van der Waals surface area contributed by atoms with Gasteiger partial charge >= 0.3 is 0 Å². The molecule has 4 atom stereocenters. The summed E-state index contributed by atoms with van der Waals surface area (Å²) in [6.45, 7) is 0. The summed E-state index contributed by atoms with van der Waals surface area (Å²) < 4.78 is 0. The first kappa shape index (κ1) is 19.4. The molecule has 0 aliphatic heterocycles. The SMILES string of the molecule is C1=CC2CCC1C2.C1=CC2CCC1C2.C1CC2CCC1C2.C1CC2CCC1C2. The van der Waals surface area contributed by atoms with Crippen molar-refractivity contribution in [2.24, 2.45) is 47.3 Å². The molecule has 0 N–H and O–H groups in total. The molecule has 0 nitrogen and oxygen atoms in total. The Balaban J connectivity index is 0.0000000813. The quantitative estimate of drug-likeness (QED) is 0.370. The molecular weight excluding hydrogens is 336 g/mol. The predicted octanol–water partition coefficient (Wildman–Crippen LogP) is 8.34. The van der Waals surface area contributed by atoms with Gasteiger partial charge in [-0.1, -0.05) is 75.7 Å². The van der Waals surface area contributed by atoms with Crippen molar-refractivity contribution in [3.63, 3.8) is 0 Å². The second kappa shape index (κ2) is 9.09. The van der Waals surface area contributed by atoms with Crippen molar-refractivity contribution in [2.75, 3.05) is 0 Å². The van der Waals surface area contributed by atoms with Crippen LogP contribution >= 0.6 is 0 Å². The van der Waals surface area contributed by atoms with Gasteiger partial charge in [0, 0.05) is 0 Å². The van der Waals surface area contributed by atoms with Gasteiger partial charge in [-0.3, -0.25) is 0 Å². The summed E-state index contributed by atoms with van der Waals surface area (Å²) in [5, 5.41) is 0. The molecule has 8 aliphatic carbocycles. The maximum absolute atomic E-state index is 2.38. The third kappa shape index (κ3) is 4.96. The third-order valence-corrected chi connectivity index (χ3v) is 9.60. The monoisotopic (exact) mass is 380 g/mol. The largest absolute Gasteiger partial charge is 0.0851 e. The van der Waals surface area contributed by atoms with Gasteiger partial charge in [-0.15, -0.1) is 0 Å². The fourth-order valence-corrected chi connectivity index (χ4v) is 7.78. The lowest BCUT2D eigenvalue weighted by Gasteiger charge is -2.05. The van der Waals surface area contributed by atoms with Gasteiger partial charge in [-0.2, -0.15) is 0 Å². The molecule has 0 aromatic carbocycles. The van der Waals surface area contributed by atoms with Gasteiger partial charge < -0.3 is 0 Å². The molecule has 6 fully saturated rings. The average Bonchev–Trinajstić information content (AvgIpc) is 3.63. The second-order valence-corrected chi connectivity index (χ2v) is 11.7. The van der Waals surface area contributed by atoms with Crippen molar-refractivity contribution in [1.29, 1.82) is 0 Å². The summed E-state index contributed by atoms with van der Waals surface area (Å²) in [6, 6.07) is 0. The Bertz CT molecular complexity index is 446. The summed E-state index contributed by atoms with van der Waals surface area (Å²) in [6.07, 6.45) is 34.0. The van der Waals surface area contributed by atoms with Gasteiger partial charge in [-0.05, 0) is 98.7 Å². The molecule has 0 saturated heterocycles.